The van der Waals surface area contributed by atoms with Crippen molar-refractivity contribution in [2.75, 3.05) is 6.54 Å². The number of carbonyl (C=O) groups is 1. The lowest BCUT2D eigenvalue weighted by Crippen LogP contribution is -2.42. The zero-order chi connectivity index (χ0) is 13.8. The number of benzene rings is 1. The average Bonchev–Trinajstić information content (AvgIpc) is 2.39. The molecule has 0 aliphatic heterocycles. The number of nitrogens with one attached hydrogen (secondary N) is 1. The van der Waals surface area contributed by atoms with Crippen LogP contribution < -0.4 is 5.32 Å². The van der Waals surface area contributed by atoms with E-state index in [9.17, 15) is 14.3 Å². The van der Waals surface area contributed by atoms with Gasteiger partial charge in [0.05, 0.1) is 11.2 Å². The fourth-order valence-electron chi connectivity index (χ4n) is 1.66. The molecule has 0 heterocycles. The molecule has 0 saturated heterocycles. The van der Waals surface area contributed by atoms with Crippen LogP contribution in [0.5, 0.6) is 0 Å². The Hall–Kier alpha value is -1.42. The van der Waals surface area contributed by atoms with Gasteiger partial charge in [-0.15, -0.1) is 0 Å². The summed E-state index contributed by atoms with van der Waals surface area (Å²) >= 11 is 0. The van der Waals surface area contributed by atoms with E-state index in [1.165, 1.54) is 6.07 Å². The van der Waals surface area contributed by atoms with Crippen molar-refractivity contribution < 1.29 is 14.3 Å². The van der Waals surface area contributed by atoms with Gasteiger partial charge in [0.2, 0.25) is 0 Å². The first-order valence-corrected chi connectivity index (χ1v) is 6.19. The maximum absolute atomic E-state index is 13.7. The molecule has 1 aromatic carbocycles. The fraction of sp³-hybridized carbons (Fsp3) is 0.500. The van der Waals surface area contributed by atoms with E-state index in [4.69, 9.17) is 0 Å². The van der Waals surface area contributed by atoms with Gasteiger partial charge in [-0.2, -0.15) is 0 Å². The Balaban J connectivity index is 2.75. The van der Waals surface area contributed by atoms with Crippen LogP contribution >= 0.6 is 0 Å². The predicted molar refractivity (Wildman–Crippen MR) is 69.0 cm³/mol. The summed E-state index contributed by atoms with van der Waals surface area (Å²) in [4.78, 5) is 11.8. The predicted octanol–water partition coefficient (Wildman–Crippen LogP) is 2.42. The van der Waals surface area contributed by atoms with Crippen molar-refractivity contribution in [3.05, 3.63) is 35.1 Å². The summed E-state index contributed by atoms with van der Waals surface area (Å²) in [6.07, 6.45) is 1.08. The first-order chi connectivity index (χ1) is 8.43. The van der Waals surface area contributed by atoms with Crippen LogP contribution in [0.4, 0.5) is 4.39 Å². The van der Waals surface area contributed by atoms with Crippen LogP contribution in [0.3, 0.4) is 0 Å². The highest BCUT2D eigenvalue weighted by Gasteiger charge is 2.23. The van der Waals surface area contributed by atoms with E-state index in [0.29, 0.717) is 18.4 Å². The average molecular weight is 253 g/mol. The second-order valence-corrected chi connectivity index (χ2v) is 4.55. The molecule has 0 bridgehead atoms. The molecular weight excluding hydrogens is 233 g/mol. The van der Waals surface area contributed by atoms with Crippen LogP contribution in [0.15, 0.2) is 18.2 Å². The number of carbonyl (C=O) groups excluding carboxylic acids is 1. The summed E-state index contributed by atoms with van der Waals surface area (Å²) in [5, 5.41) is 12.6. The molecule has 1 aromatic rings. The third-order valence-electron chi connectivity index (χ3n) is 3.33. The summed E-state index contributed by atoms with van der Waals surface area (Å²) in [5.74, 6) is -0.997. The number of rotatable bonds is 5. The van der Waals surface area contributed by atoms with Crippen molar-refractivity contribution in [3.63, 3.8) is 0 Å². The topological polar surface area (TPSA) is 49.3 Å². The van der Waals surface area contributed by atoms with Gasteiger partial charge in [0.15, 0.2) is 0 Å². The van der Waals surface area contributed by atoms with Gasteiger partial charge in [-0.3, -0.25) is 4.79 Å². The van der Waals surface area contributed by atoms with E-state index in [2.05, 4.69) is 5.32 Å². The normalized spacial score (nSPS) is 11.4. The summed E-state index contributed by atoms with van der Waals surface area (Å²) in [7, 11) is 0. The standard InChI is InChI=1S/C14H20FNO2/c1-4-14(18,5-2)9-16-13(17)11-8-6-7-10(3)12(11)15/h6-8,18H,4-5,9H2,1-3H3,(H,16,17). The minimum absolute atomic E-state index is 0.0181. The van der Waals surface area contributed by atoms with Gasteiger partial charge in [-0.1, -0.05) is 26.0 Å². The maximum Gasteiger partial charge on any atom is 0.254 e. The van der Waals surface area contributed by atoms with Gasteiger partial charge in [-0.05, 0) is 31.4 Å². The lowest BCUT2D eigenvalue weighted by atomic mass is 9.97. The van der Waals surface area contributed by atoms with Gasteiger partial charge in [0, 0.05) is 6.54 Å². The van der Waals surface area contributed by atoms with E-state index in [-0.39, 0.29) is 12.1 Å². The Morgan fingerprint density at radius 2 is 2.00 bits per heavy atom. The summed E-state index contributed by atoms with van der Waals surface area (Å²) < 4.78 is 13.7. The minimum atomic E-state index is -0.921. The van der Waals surface area contributed by atoms with Crippen LogP contribution in [0.2, 0.25) is 0 Å². The fourth-order valence-corrected chi connectivity index (χ4v) is 1.66. The lowest BCUT2D eigenvalue weighted by Gasteiger charge is -2.25. The van der Waals surface area contributed by atoms with Crippen LogP contribution in [0, 0.1) is 12.7 Å². The molecule has 0 fully saturated rings. The number of amides is 1. The molecule has 18 heavy (non-hydrogen) atoms. The number of hydrogen-bond acceptors (Lipinski definition) is 2. The Labute approximate surface area is 107 Å². The monoisotopic (exact) mass is 253 g/mol. The molecule has 0 aliphatic carbocycles. The second-order valence-electron chi connectivity index (χ2n) is 4.55. The first-order valence-electron chi connectivity index (χ1n) is 6.19. The Morgan fingerprint density at radius 1 is 1.39 bits per heavy atom. The number of halogens is 1. The molecule has 0 aromatic heterocycles. The zero-order valence-corrected chi connectivity index (χ0v) is 11.1. The molecule has 2 N–H and O–H groups in total. The molecule has 0 saturated carbocycles. The van der Waals surface area contributed by atoms with Crippen molar-refractivity contribution in [2.45, 2.75) is 39.2 Å². The third kappa shape index (κ3) is 3.29. The molecule has 0 radical (unpaired) electrons. The Kier molecular flexibility index (Phi) is 4.84. The van der Waals surface area contributed by atoms with Crippen molar-refractivity contribution >= 4 is 5.91 Å². The third-order valence-corrected chi connectivity index (χ3v) is 3.33. The molecular formula is C14H20FNO2. The highest BCUT2D eigenvalue weighted by molar-refractivity contribution is 5.94. The summed E-state index contributed by atoms with van der Waals surface area (Å²) in [6.45, 7) is 5.44. The van der Waals surface area contributed by atoms with Gasteiger partial charge in [0.1, 0.15) is 5.82 Å². The van der Waals surface area contributed by atoms with Crippen molar-refractivity contribution in [2.24, 2.45) is 0 Å². The van der Waals surface area contributed by atoms with Crippen molar-refractivity contribution in [3.8, 4) is 0 Å². The Bertz CT molecular complexity index is 428. The number of hydrogen-bond donors (Lipinski definition) is 2. The zero-order valence-electron chi connectivity index (χ0n) is 11.1. The molecule has 0 spiro atoms. The molecule has 0 atom stereocenters. The number of aliphatic hydroxyl groups is 1. The second kappa shape index (κ2) is 5.96. The quantitative estimate of drug-likeness (QED) is 0.846. The van der Waals surface area contributed by atoms with Crippen LogP contribution in [0.25, 0.3) is 0 Å². The van der Waals surface area contributed by atoms with Gasteiger partial charge >= 0.3 is 0 Å². The highest BCUT2D eigenvalue weighted by atomic mass is 19.1. The van der Waals surface area contributed by atoms with Crippen LogP contribution in [-0.4, -0.2) is 23.2 Å². The molecule has 100 valence electrons. The SMILES string of the molecule is CCC(O)(CC)CNC(=O)c1cccc(C)c1F. The molecule has 0 unspecified atom stereocenters. The molecule has 0 aliphatic rings. The molecule has 1 amide bonds. The minimum Gasteiger partial charge on any atom is -0.388 e. The van der Waals surface area contributed by atoms with E-state index in [0.717, 1.165) is 0 Å². The van der Waals surface area contributed by atoms with Crippen LogP contribution in [0.1, 0.15) is 42.6 Å². The number of aryl methyl sites for hydroxylation is 1. The van der Waals surface area contributed by atoms with E-state index in [1.807, 2.05) is 13.8 Å². The maximum atomic E-state index is 13.7. The molecule has 4 heteroatoms. The molecule has 3 nitrogen and oxygen atoms in total. The van der Waals surface area contributed by atoms with Crippen LogP contribution in [-0.2, 0) is 0 Å². The van der Waals surface area contributed by atoms with E-state index >= 15 is 0 Å². The smallest absolute Gasteiger partial charge is 0.254 e. The van der Waals surface area contributed by atoms with Gasteiger partial charge < -0.3 is 10.4 Å². The van der Waals surface area contributed by atoms with E-state index in [1.54, 1.807) is 19.1 Å². The first kappa shape index (κ1) is 14.6. The summed E-state index contributed by atoms with van der Waals surface area (Å²) in [5.41, 5.74) is -0.468. The molecule has 1 rings (SSSR count). The van der Waals surface area contributed by atoms with Crippen molar-refractivity contribution in [1.29, 1.82) is 0 Å². The van der Waals surface area contributed by atoms with Gasteiger partial charge in [-0.25, -0.2) is 4.39 Å². The largest absolute Gasteiger partial charge is 0.388 e. The van der Waals surface area contributed by atoms with Gasteiger partial charge in [0.25, 0.3) is 5.91 Å². The van der Waals surface area contributed by atoms with E-state index < -0.39 is 17.3 Å². The highest BCUT2D eigenvalue weighted by Crippen LogP contribution is 2.15. The summed E-state index contributed by atoms with van der Waals surface area (Å²) in [6, 6.07) is 4.69. The Morgan fingerprint density at radius 3 is 2.56 bits per heavy atom. The lowest BCUT2D eigenvalue weighted by molar-refractivity contribution is 0.0313. The van der Waals surface area contributed by atoms with Crippen molar-refractivity contribution in [1.82, 2.24) is 5.32 Å².